The minimum Gasteiger partial charge on any atom is -0.382 e. The summed E-state index contributed by atoms with van der Waals surface area (Å²) in [5, 5.41) is 29.5. The molecule has 1 saturated heterocycles. The van der Waals surface area contributed by atoms with Gasteiger partial charge in [-0.1, -0.05) is 60.1 Å². The Bertz CT molecular complexity index is 925. The van der Waals surface area contributed by atoms with Gasteiger partial charge < -0.3 is 20.1 Å². The van der Waals surface area contributed by atoms with Gasteiger partial charge in [0.05, 0.1) is 6.42 Å². The van der Waals surface area contributed by atoms with Gasteiger partial charge in [-0.15, -0.1) is 0 Å². The minimum absolute atomic E-state index is 0.184. The molecule has 1 aliphatic heterocycles. The van der Waals surface area contributed by atoms with Crippen molar-refractivity contribution in [1.29, 1.82) is 0 Å². The fourth-order valence-corrected chi connectivity index (χ4v) is 3.81. The van der Waals surface area contributed by atoms with Crippen molar-refractivity contribution < 1.29 is 29.6 Å². The fraction of sp³-hybridized carbons (Fsp3) is 0.333. The number of ether oxygens (including phenoxy) is 1. The zero-order valence-corrected chi connectivity index (χ0v) is 16.2. The number of carbonyl (C=O) groups excluding carboxylic acids is 2. The molecule has 0 radical (unpaired) electrons. The summed E-state index contributed by atoms with van der Waals surface area (Å²) in [6.45, 7) is 3.38. The molecule has 7 heteroatoms. The summed E-state index contributed by atoms with van der Waals surface area (Å²) in [5.74, 6) is -1.53. The largest absolute Gasteiger partial charge is 0.382 e. The monoisotopic (exact) mass is 404 g/mol. The SMILES string of the molecule is Cc1ccccc1C(=O)C(O)[C@H]1O[C@](O)(Cl)C[C@@]1(O)C(=O)c1ccccc1C. The zero-order valence-electron chi connectivity index (χ0n) is 15.4. The van der Waals surface area contributed by atoms with Crippen LogP contribution in [0, 0.1) is 13.8 Å². The standard InChI is InChI=1S/C21H21ClO6/c1-12-7-3-5-9-14(12)16(23)17(24)19-20(26,11-21(22,27)28-19)18(25)15-10-6-4-8-13(15)2/h3-10,17,19,24,26-27H,11H2,1-2H3/t17?,19-,20-,21+/m1/s1. The van der Waals surface area contributed by atoms with Crippen LogP contribution < -0.4 is 0 Å². The van der Waals surface area contributed by atoms with E-state index >= 15 is 0 Å². The Morgan fingerprint density at radius 2 is 1.54 bits per heavy atom. The molecular formula is C21H21ClO6. The number of aryl methyl sites for hydroxylation is 2. The number of hydrogen-bond acceptors (Lipinski definition) is 6. The van der Waals surface area contributed by atoms with Gasteiger partial charge in [-0.25, -0.2) is 0 Å². The third kappa shape index (κ3) is 3.62. The van der Waals surface area contributed by atoms with E-state index in [1.54, 1.807) is 50.2 Å². The normalized spacial score (nSPS) is 28.1. The Labute approximate surface area is 167 Å². The van der Waals surface area contributed by atoms with Crippen molar-refractivity contribution in [2.24, 2.45) is 0 Å². The number of halogens is 1. The highest BCUT2D eigenvalue weighted by molar-refractivity contribution is 6.22. The third-order valence-corrected chi connectivity index (χ3v) is 5.24. The average Bonchev–Trinajstić information content (AvgIpc) is 2.91. The number of benzene rings is 2. The van der Waals surface area contributed by atoms with Crippen LogP contribution in [0.4, 0.5) is 0 Å². The van der Waals surface area contributed by atoms with Gasteiger partial charge in [-0.05, 0) is 25.0 Å². The van der Waals surface area contributed by atoms with Crippen molar-refractivity contribution in [2.75, 3.05) is 0 Å². The highest BCUT2D eigenvalue weighted by atomic mass is 35.5. The second-order valence-corrected chi connectivity index (χ2v) is 7.69. The van der Waals surface area contributed by atoms with E-state index in [1.165, 1.54) is 12.1 Å². The van der Waals surface area contributed by atoms with E-state index in [1.807, 2.05) is 0 Å². The minimum atomic E-state index is -2.40. The number of alkyl halides is 1. The molecule has 1 aliphatic rings. The number of aliphatic hydroxyl groups excluding tert-OH is 1. The van der Waals surface area contributed by atoms with Crippen molar-refractivity contribution in [3.63, 3.8) is 0 Å². The summed E-state index contributed by atoms with van der Waals surface area (Å²) < 4.78 is 5.17. The molecule has 2 aromatic carbocycles. The molecule has 4 atom stereocenters. The molecule has 148 valence electrons. The fourth-order valence-electron chi connectivity index (χ4n) is 3.51. The molecule has 6 nitrogen and oxygen atoms in total. The van der Waals surface area contributed by atoms with Gasteiger partial charge in [0.1, 0.15) is 12.2 Å². The summed E-state index contributed by atoms with van der Waals surface area (Å²) in [6.07, 6.45) is -4.35. The second-order valence-electron chi connectivity index (χ2n) is 7.10. The summed E-state index contributed by atoms with van der Waals surface area (Å²) in [7, 11) is 0. The van der Waals surface area contributed by atoms with E-state index in [0.717, 1.165) is 0 Å². The van der Waals surface area contributed by atoms with Crippen LogP contribution in [0.25, 0.3) is 0 Å². The average molecular weight is 405 g/mol. The maximum atomic E-state index is 13.1. The van der Waals surface area contributed by atoms with Crippen molar-refractivity contribution in [3.8, 4) is 0 Å². The predicted octanol–water partition coefficient (Wildman–Crippen LogP) is 2.13. The lowest BCUT2D eigenvalue weighted by Crippen LogP contribution is -2.54. The third-order valence-electron chi connectivity index (χ3n) is 5.01. The predicted molar refractivity (Wildman–Crippen MR) is 102 cm³/mol. The van der Waals surface area contributed by atoms with E-state index in [4.69, 9.17) is 16.3 Å². The first-order chi connectivity index (χ1) is 13.1. The van der Waals surface area contributed by atoms with Gasteiger partial charge in [0.25, 0.3) is 0 Å². The summed E-state index contributed by atoms with van der Waals surface area (Å²) >= 11 is 5.84. The smallest absolute Gasteiger partial charge is 0.249 e. The molecule has 1 fully saturated rings. The van der Waals surface area contributed by atoms with Crippen LogP contribution in [0.15, 0.2) is 48.5 Å². The lowest BCUT2D eigenvalue weighted by molar-refractivity contribution is -0.154. The van der Waals surface area contributed by atoms with Crippen LogP contribution in [0.2, 0.25) is 0 Å². The van der Waals surface area contributed by atoms with Gasteiger partial charge in [0.15, 0.2) is 17.2 Å². The Balaban J connectivity index is 2.00. The molecule has 1 unspecified atom stereocenters. The molecular weight excluding hydrogens is 384 g/mol. The highest BCUT2D eigenvalue weighted by Gasteiger charge is 2.62. The zero-order chi connectivity index (χ0) is 20.7. The topological polar surface area (TPSA) is 104 Å². The van der Waals surface area contributed by atoms with Crippen LogP contribution in [0.3, 0.4) is 0 Å². The maximum absolute atomic E-state index is 13.1. The first kappa shape index (κ1) is 20.6. The Kier molecular flexibility index (Phi) is 5.44. The Morgan fingerprint density at radius 1 is 1.04 bits per heavy atom. The number of hydrogen-bond donors (Lipinski definition) is 3. The summed E-state index contributed by atoms with van der Waals surface area (Å²) in [6, 6.07) is 13.1. The highest BCUT2D eigenvalue weighted by Crippen LogP contribution is 2.43. The molecule has 0 aromatic heterocycles. The molecule has 1 heterocycles. The molecule has 2 aromatic rings. The first-order valence-electron chi connectivity index (χ1n) is 8.76. The van der Waals surface area contributed by atoms with Crippen LogP contribution in [0.1, 0.15) is 38.3 Å². The quantitative estimate of drug-likeness (QED) is 0.521. The molecule has 0 bridgehead atoms. The molecule has 3 N–H and O–H groups in total. The van der Waals surface area contributed by atoms with Crippen LogP contribution in [-0.4, -0.2) is 49.9 Å². The van der Waals surface area contributed by atoms with E-state index in [2.05, 4.69) is 0 Å². The maximum Gasteiger partial charge on any atom is 0.249 e. The Morgan fingerprint density at radius 3 is 2.07 bits per heavy atom. The summed E-state index contributed by atoms with van der Waals surface area (Å²) in [4.78, 5) is 25.9. The molecule has 0 saturated carbocycles. The number of ketones is 2. The van der Waals surface area contributed by atoms with Crippen LogP contribution >= 0.6 is 11.6 Å². The number of Topliss-reactive ketones (excluding diaryl/α,β-unsaturated/α-hetero) is 2. The van der Waals surface area contributed by atoms with Gasteiger partial charge in [0.2, 0.25) is 5.25 Å². The molecule has 0 spiro atoms. The van der Waals surface area contributed by atoms with E-state index in [0.29, 0.717) is 11.1 Å². The molecule has 3 rings (SSSR count). The van der Waals surface area contributed by atoms with E-state index in [9.17, 15) is 24.9 Å². The van der Waals surface area contributed by atoms with Crippen LogP contribution in [0.5, 0.6) is 0 Å². The number of rotatable bonds is 5. The van der Waals surface area contributed by atoms with E-state index < -0.39 is 41.0 Å². The molecule has 0 aliphatic carbocycles. The van der Waals surface area contributed by atoms with Gasteiger partial charge in [0, 0.05) is 11.1 Å². The molecule has 28 heavy (non-hydrogen) atoms. The van der Waals surface area contributed by atoms with Crippen molar-refractivity contribution >= 4 is 23.2 Å². The van der Waals surface area contributed by atoms with Gasteiger partial charge >= 0.3 is 0 Å². The van der Waals surface area contributed by atoms with Gasteiger partial charge in [-0.3, -0.25) is 9.59 Å². The number of aliphatic hydroxyl groups is 3. The lowest BCUT2D eigenvalue weighted by atomic mass is 9.81. The Hall–Kier alpha value is -2.09. The molecule has 0 amide bonds. The second kappa shape index (κ2) is 7.39. The first-order valence-corrected chi connectivity index (χ1v) is 9.14. The number of carbonyl (C=O) groups is 2. The van der Waals surface area contributed by atoms with Crippen molar-refractivity contribution in [2.45, 2.75) is 43.3 Å². The van der Waals surface area contributed by atoms with Crippen molar-refractivity contribution in [1.82, 2.24) is 0 Å². The van der Waals surface area contributed by atoms with Crippen molar-refractivity contribution in [3.05, 3.63) is 70.8 Å². The van der Waals surface area contributed by atoms with Gasteiger partial charge in [-0.2, -0.15) is 0 Å². The lowest BCUT2D eigenvalue weighted by Gasteiger charge is -2.30. The van der Waals surface area contributed by atoms with Crippen LogP contribution in [-0.2, 0) is 4.74 Å². The van der Waals surface area contributed by atoms with E-state index in [-0.39, 0.29) is 11.1 Å². The summed E-state index contributed by atoms with van der Waals surface area (Å²) in [5.41, 5.74) is -0.790.